The van der Waals surface area contributed by atoms with Crippen LogP contribution in [-0.2, 0) is 19.2 Å². The lowest BCUT2D eigenvalue weighted by Crippen LogP contribution is -2.14. The minimum atomic E-state index is -1.07. The van der Waals surface area contributed by atoms with Crippen molar-refractivity contribution < 1.29 is 39.6 Å². The third-order valence-corrected chi connectivity index (χ3v) is 5.92. The normalized spacial score (nSPS) is 13.3. The van der Waals surface area contributed by atoms with E-state index in [9.17, 15) is 19.2 Å². The van der Waals surface area contributed by atoms with Crippen molar-refractivity contribution in [2.45, 2.75) is 49.0 Å². The van der Waals surface area contributed by atoms with Crippen LogP contribution in [0, 0.1) is 0 Å². The van der Waals surface area contributed by atoms with Gasteiger partial charge in [0.05, 0.1) is 12.8 Å². The number of carbonyl (C=O) groups is 4. The summed E-state index contributed by atoms with van der Waals surface area (Å²) in [4.78, 5) is 42.6. The van der Waals surface area contributed by atoms with Gasteiger partial charge in [0.15, 0.2) is 0 Å². The molecule has 0 bridgehead atoms. The van der Waals surface area contributed by atoms with Crippen molar-refractivity contribution in [2.24, 2.45) is 0 Å². The molecule has 0 rings (SSSR count). The average Bonchev–Trinajstić information content (AvgIpc) is 2.37. The van der Waals surface area contributed by atoms with Crippen LogP contribution in [0.1, 0.15) is 38.5 Å². The van der Waals surface area contributed by atoms with Gasteiger partial charge in [0, 0.05) is 23.3 Å². The molecule has 2 atom stereocenters. The van der Waals surface area contributed by atoms with Crippen molar-refractivity contribution in [3.8, 4) is 0 Å². The summed E-state index contributed by atoms with van der Waals surface area (Å²) in [5, 5.41) is 33.9. The summed E-state index contributed by atoms with van der Waals surface area (Å²) in [6, 6.07) is 0. The van der Waals surface area contributed by atoms with Crippen molar-refractivity contribution in [3.63, 3.8) is 0 Å². The molecule has 22 heavy (non-hydrogen) atoms. The van der Waals surface area contributed by atoms with Gasteiger partial charge in [-0.25, -0.2) is 0 Å². The lowest BCUT2D eigenvalue weighted by atomic mass is 10.2. The second kappa shape index (κ2) is 11.2. The van der Waals surface area contributed by atoms with E-state index >= 15 is 0 Å². The highest BCUT2D eigenvalue weighted by Crippen LogP contribution is 2.38. The quantitative estimate of drug-likeness (QED) is 0.360. The zero-order valence-corrected chi connectivity index (χ0v) is 13.3. The first-order valence-electron chi connectivity index (χ1n) is 6.40. The minimum Gasteiger partial charge on any atom is -0.481 e. The van der Waals surface area contributed by atoms with Crippen LogP contribution in [0.2, 0.25) is 0 Å². The standard InChI is InChI=1S/C12H18O8S2/c13-9(14)3-1-7(5-11(17)18)21-22-8(6-12(19)20)2-4-10(15)16/h7-8H,1-6H2,(H,13,14)(H,15,16)(H,17,18)(H,19,20). The maximum atomic E-state index is 10.8. The number of carboxylic acids is 4. The smallest absolute Gasteiger partial charge is 0.304 e. The first-order valence-corrected chi connectivity index (χ1v) is 8.67. The first kappa shape index (κ1) is 20.6. The summed E-state index contributed by atoms with van der Waals surface area (Å²) in [5.74, 6) is -4.20. The molecule has 0 spiro atoms. The van der Waals surface area contributed by atoms with Gasteiger partial charge in [-0.2, -0.15) is 0 Å². The van der Waals surface area contributed by atoms with Crippen LogP contribution in [0.15, 0.2) is 0 Å². The molecule has 0 saturated carbocycles. The van der Waals surface area contributed by atoms with Crippen LogP contribution in [0.4, 0.5) is 0 Å². The van der Waals surface area contributed by atoms with E-state index in [1.54, 1.807) is 0 Å². The molecule has 0 radical (unpaired) electrons. The monoisotopic (exact) mass is 354 g/mol. The Balaban J connectivity index is 4.49. The predicted octanol–water partition coefficient (Wildman–Crippen LogP) is 1.78. The van der Waals surface area contributed by atoms with E-state index in [-0.39, 0.29) is 38.5 Å². The van der Waals surface area contributed by atoms with Crippen LogP contribution in [0.25, 0.3) is 0 Å². The Labute approximate surface area is 134 Å². The van der Waals surface area contributed by atoms with Crippen LogP contribution in [0.5, 0.6) is 0 Å². The highest BCUT2D eigenvalue weighted by atomic mass is 33.1. The van der Waals surface area contributed by atoms with Gasteiger partial charge in [0.25, 0.3) is 0 Å². The molecule has 4 N–H and O–H groups in total. The predicted molar refractivity (Wildman–Crippen MR) is 81.0 cm³/mol. The molecule has 126 valence electrons. The van der Waals surface area contributed by atoms with E-state index in [2.05, 4.69) is 0 Å². The molecule has 2 unspecified atom stereocenters. The molecule has 0 aliphatic heterocycles. The Kier molecular flexibility index (Phi) is 10.5. The SMILES string of the molecule is O=C(O)CCC(CC(=O)O)SSC(CCC(=O)O)CC(=O)O. The third kappa shape index (κ3) is 12.3. The molecular formula is C12H18O8S2. The number of rotatable bonds is 13. The Morgan fingerprint density at radius 2 is 0.955 bits per heavy atom. The number of hydrogen-bond acceptors (Lipinski definition) is 6. The Morgan fingerprint density at radius 3 is 1.18 bits per heavy atom. The molecule has 8 nitrogen and oxygen atoms in total. The van der Waals surface area contributed by atoms with Crippen LogP contribution < -0.4 is 0 Å². The van der Waals surface area contributed by atoms with Gasteiger partial charge >= 0.3 is 23.9 Å². The van der Waals surface area contributed by atoms with Crippen LogP contribution in [-0.4, -0.2) is 54.8 Å². The lowest BCUT2D eigenvalue weighted by Gasteiger charge is -2.17. The molecule has 0 aromatic rings. The summed E-state index contributed by atoms with van der Waals surface area (Å²) < 4.78 is 0. The van der Waals surface area contributed by atoms with E-state index in [1.165, 1.54) is 0 Å². The van der Waals surface area contributed by atoms with Gasteiger partial charge in [-0.1, -0.05) is 21.6 Å². The molecule has 0 amide bonds. The molecule has 10 heteroatoms. The number of aliphatic carboxylic acids is 4. The Hall–Kier alpha value is -1.42. The summed E-state index contributed by atoms with van der Waals surface area (Å²) in [7, 11) is 2.22. The van der Waals surface area contributed by atoms with E-state index < -0.39 is 34.4 Å². The molecule has 0 aromatic carbocycles. The van der Waals surface area contributed by atoms with Crippen molar-refractivity contribution in [2.75, 3.05) is 0 Å². The molecule has 0 fully saturated rings. The lowest BCUT2D eigenvalue weighted by molar-refractivity contribution is -0.139. The molecule has 0 aliphatic carbocycles. The fraction of sp³-hybridized carbons (Fsp3) is 0.667. The van der Waals surface area contributed by atoms with Crippen LogP contribution in [0.3, 0.4) is 0 Å². The fourth-order valence-electron chi connectivity index (χ4n) is 1.48. The van der Waals surface area contributed by atoms with E-state index in [0.717, 1.165) is 21.6 Å². The van der Waals surface area contributed by atoms with Gasteiger partial charge in [-0.3, -0.25) is 19.2 Å². The van der Waals surface area contributed by atoms with Gasteiger partial charge in [-0.05, 0) is 12.8 Å². The van der Waals surface area contributed by atoms with Gasteiger partial charge in [-0.15, -0.1) is 0 Å². The summed E-state index contributed by atoms with van der Waals surface area (Å²) in [6.07, 6.45) is -0.516. The van der Waals surface area contributed by atoms with Crippen molar-refractivity contribution in [3.05, 3.63) is 0 Å². The molecule has 0 heterocycles. The van der Waals surface area contributed by atoms with Crippen LogP contribution >= 0.6 is 21.6 Å². The second-order valence-electron chi connectivity index (χ2n) is 4.50. The first-order chi connectivity index (χ1) is 10.2. The van der Waals surface area contributed by atoms with Gasteiger partial charge in [0.1, 0.15) is 0 Å². The van der Waals surface area contributed by atoms with Gasteiger partial charge in [0.2, 0.25) is 0 Å². The van der Waals surface area contributed by atoms with E-state index in [4.69, 9.17) is 20.4 Å². The fourth-order valence-corrected chi connectivity index (χ4v) is 4.58. The number of carboxylic acid groups (broad SMARTS) is 4. The Bertz CT molecular complexity index is 374. The van der Waals surface area contributed by atoms with Gasteiger partial charge < -0.3 is 20.4 Å². The maximum absolute atomic E-state index is 10.8. The Morgan fingerprint density at radius 1 is 0.636 bits per heavy atom. The average molecular weight is 354 g/mol. The topological polar surface area (TPSA) is 149 Å². The second-order valence-corrected chi connectivity index (χ2v) is 7.37. The van der Waals surface area contributed by atoms with E-state index in [1.807, 2.05) is 0 Å². The highest BCUT2D eigenvalue weighted by Gasteiger charge is 2.21. The summed E-state index contributed by atoms with van der Waals surface area (Å²) in [6.45, 7) is 0. The van der Waals surface area contributed by atoms with Crippen molar-refractivity contribution in [1.82, 2.24) is 0 Å². The highest BCUT2D eigenvalue weighted by molar-refractivity contribution is 8.77. The summed E-state index contributed by atoms with van der Waals surface area (Å²) in [5.41, 5.74) is 0. The van der Waals surface area contributed by atoms with Crippen molar-refractivity contribution >= 4 is 45.5 Å². The zero-order chi connectivity index (χ0) is 17.1. The van der Waals surface area contributed by atoms with Crippen molar-refractivity contribution in [1.29, 1.82) is 0 Å². The summed E-state index contributed by atoms with van der Waals surface area (Å²) >= 11 is 0. The minimum absolute atomic E-state index is 0.151. The van der Waals surface area contributed by atoms with E-state index in [0.29, 0.717) is 0 Å². The largest absolute Gasteiger partial charge is 0.481 e. The molecular weight excluding hydrogens is 336 g/mol. The number of hydrogen-bond donors (Lipinski definition) is 4. The zero-order valence-electron chi connectivity index (χ0n) is 11.6. The molecule has 0 aliphatic rings. The maximum Gasteiger partial charge on any atom is 0.304 e. The molecule has 0 saturated heterocycles. The third-order valence-electron chi connectivity index (χ3n) is 2.49. The molecule has 0 aromatic heterocycles.